The van der Waals surface area contributed by atoms with Gasteiger partial charge >= 0.3 is 5.69 Å². The van der Waals surface area contributed by atoms with Crippen LogP contribution in [-0.4, -0.2) is 14.8 Å². The van der Waals surface area contributed by atoms with E-state index in [1.165, 1.54) is 18.2 Å². The highest BCUT2D eigenvalue weighted by molar-refractivity contribution is 9.10. The van der Waals surface area contributed by atoms with Crippen LogP contribution >= 0.6 is 39.1 Å². The zero-order chi connectivity index (χ0) is 18.1. The summed E-state index contributed by atoms with van der Waals surface area (Å²) in [5.41, 5.74) is 0.458. The minimum atomic E-state index is -0.699. The van der Waals surface area contributed by atoms with Crippen LogP contribution in [0.5, 0.6) is 0 Å². The van der Waals surface area contributed by atoms with Gasteiger partial charge in [0.1, 0.15) is 12.0 Å². The van der Waals surface area contributed by atoms with Crippen molar-refractivity contribution in [3.8, 4) is 5.69 Å². The van der Waals surface area contributed by atoms with Gasteiger partial charge in [0.2, 0.25) is 0 Å². The lowest BCUT2D eigenvalue weighted by Crippen LogP contribution is -2.30. The van der Waals surface area contributed by atoms with Gasteiger partial charge in [-0.25, -0.2) is 9.18 Å². The second-order valence-corrected chi connectivity index (χ2v) is 6.83. The summed E-state index contributed by atoms with van der Waals surface area (Å²) in [6.07, 6.45) is 1.36. The monoisotopic (exact) mass is 443 g/mol. The smallest absolute Gasteiger partial charge is 0.271 e. The molecule has 0 aliphatic carbocycles. The molecule has 0 radical (unpaired) electrons. The Kier molecular flexibility index (Phi) is 5.08. The number of hydrogen-bond acceptors (Lipinski definition) is 3. The number of nitrogens with zero attached hydrogens (tertiary/aromatic N) is 2. The van der Waals surface area contributed by atoms with Crippen LogP contribution < -0.4 is 11.2 Å². The van der Waals surface area contributed by atoms with E-state index in [0.717, 1.165) is 16.4 Å². The highest BCUT2D eigenvalue weighted by Crippen LogP contribution is 2.30. The van der Waals surface area contributed by atoms with Crippen LogP contribution in [0.25, 0.3) is 5.69 Å². The van der Waals surface area contributed by atoms with Crippen molar-refractivity contribution in [2.75, 3.05) is 0 Å². The van der Waals surface area contributed by atoms with E-state index in [0.29, 0.717) is 32.2 Å². The maximum atomic E-state index is 13.3. The molecule has 1 aromatic heterocycles. The Morgan fingerprint density at radius 1 is 1.16 bits per heavy atom. The second kappa shape index (κ2) is 7.11. The van der Waals surface area contributed by atoms with Gasteiger partial charge < -0.3 is 0 Å². The molecule has 0 unspecified atom stereocenters. The van der Waals surface area contributed by atoms with Crippen molar-refractivity contribution in [1.29, 1.82) is 0 Å². The fourth-order valence-electron chi connectivity index (χ4n) is 2.27. The lowest BCUT2D eigenvalue weighted by atomic mass is 10.0. The summed E-state index contributed by atoms with van der Waals surface area (Å²) in [5.74, 6) is -0.361. The maximum absolute atomic E-state index is 13.3. The Hall–Kier alpha value is -1.96. The van der Waals surface area contributed by atoms with Gasteiger partial charge in [-0.05, 0) is 51.3 Å². The summed E-state index contributed by atoms with van der Waals surface area (Å²) in [4.78, 5) is 25.0. The summed E-state index contributed by atoms with van der Waals surface area (Å²) >= 11 is 15.7. The molecule has 9 heteroatoms. The number of halogens is 4. The van der Waals surface area contributed by atoms with Gasteiger partial charge in [-0.1, -0.05) is 29.3 Å². The van der Waals surface area contributed by atoms with Gasteiger partial charge in [0.15, 0.2) is 0 Å². The van der Waals surface area contributed by atoms with Gasteiger partial charge in [0, 0.05) is 16.5 Å². The molecule has 0 aliphatic heterocycles. The molecule has 1 heterocycles. The van der Waals surface area contributed by atoms with Gasteiger partial charge in [-0.2, -0.15) is 9.78 Å². The average molecular weight is 445 g/mol. The van der Waals surface area contributed by atoms with Crippen LogP contribution in [0.15, 0.2) is 50.6 Å². The van der Waals surface area contributed by atoms with Crippen LogP contribution in [0.3, 0.4) is 0 Å². The van der Waals surface area contributed by atoms with Gasteiger partial charge in [-0.15, -0.1) is 0 Å². The van der Waals surface area contributed by atoms with Crippen LogP contribution in [0.2, 0.25) is 10.0 Å². The van der Waals surface area contributed by atoms with E-state index in [2.05, 4.69) is 26.0 Å². The van der Waals surface area contributed by atoms with E-state index in [1.807, 2.05) is 0 Å². The largest absolute Gasteiger partial charge is 0.349 e. The lowest BCUT2D eigenvalue weighted by Gasteiger charge is -2.11. The van der Waals surface area contributed by atoms with Crippen molar-refractivity contribution in [3.63, 3.8) is 0 Å². The van der Waals surface area contributed by atoms with Crippen molar-refractivity contribution >= 4 is 39.1 Å². The fourth-order valence-corrected chi connectivity index (χ4v) is 3.31. The summed E-state index contributed by atoms with van der Waals surface area (Å²) in [6, 6.07) is 7.67. The van der Waals surface area contributed by atoms with E-state index >= 15 is 0 Å². The number of hydrogen-bond donors (Lipinski definition) is 1. The Labute approximate surface area is 159 Å². The first-order valence-corrected chi connectivity index (χ1v) is 8.51. The molecular formula is C16H9BrCl2FN3O2. The van der Waals surface area contributed by atoms with Crippen LogP contribution in [0.4, 0.5) is 4.39 Å². The lowest BCUT2D eigenvalue weighted by molar-refractivity contribution is 0.620. The minimum absolute atomic E-state index is 0.320. The summed E-state index contributed by atoms with van der Waals surface area (Å²) in [7, 11) is 0. The molecule has 0 amide bonds. The quantitative estimate of drug-likeness (QED) is 0.669. The maximum Gasteiger partial charge on any atom is 0.349 e. The third-order valence-corrected chi connectivity index (χ3v) is 4.73. The average Bonchev–Trinajstić information content (AvgIpc) is 2.54. The number of H-pyrrole nitrogens is 1. The Morgan fingerprint density at radius 3 is 2.44 bits per heavy atom. The normalized spacial score (nSPS) is 10.9. The zero-order valence-electron chi connectivity index (χ0n) is 12.4. The first-order valence-electron chi connectivity index (χ1n) is 6.96. The number of aromatic nitrogens is 3. The van der Waals surface area contributed by atoms with Gasteiger partial charge in [-0.3, -0.25) is 9.78 Å². The topological polar surface area (TPSA) is 67.8 Å². The van der Waals surface area contributed by atoms with Crippen molar-refractivity contribution in [2.24, 2.45) is 0 Å². The number of benzene rings is 2. The molecule has 5 nitrogen and oxygen atoms in total. The highest BCUT2D eigenvalue weighted by Gasteiger charge is 2.13. The predicted molar refractivity (Wildman–Crippen MR) is 97.4 cm³/mol. The van der Waals surface area contributed by atoms with E-state index in [4.69, 9.17) is 23.2 Å². The predicted octanol–water partition coefficient (Wildman–Crippen LogP) is 3.72. The molecule has 0 aliphatic rings. The first kappa shape index (κ1) is 17.8. The number of nitrogens with one attached hydrogen (secondary N) is 1. The molecule has 3 aromatic rings. The molecule has 2 aromatic carbocycles. The van der Waals surface area contributed by atoms with Crippen molar-refractivity contribution in [1.82, 2.24) is 14.8 Å². The Balaban J connectivity index is 2.01. The minimum Gasteiger partial charge on any atom is -0.271 e. The summed E-state index contributed by atoms with van der Waals surface area (Å²) in [5, 5.41) is 4.40. The Morgan fingerprint density at radius 2 is 1.84 bits per heavy atom. The first-order chi connectivity index (χ1) is 11.8. The van der Waals surface area contributed by atoms with Crippen molar-refractivity contribution < 1.29 is 4.39 Å². The van der Waals surface area contributed by atoms with Crippen molar-refractivity contribution in [3.05, 3.63) is 88.8 Å². The van der Waals surface area contributed by atoms with E-state index < -0.39 is 11.2 Å². The molecule has 0 saturated carbocycles. The standard InChI is InChI=1S/C16H9BrCl2FN3O2/c17-11-4-8(1-2-14(11)20)3-10-12(18)5-9(6-13(10)19)23-16(25)22-15(24)7-21-23/h1-2,4-7H,3H2,(H,22,24,25). The molecular weight excluding hydrogens is 436 g/mol. The third kappa shape index (κ3) is 3.84. The molecule has 0 saturated heterocycles. The number of aromatic amines is 1. The molecule has 0 atom stereocenters. The zero-order valence-corrected chi connectivity index (χ0v) is 15.5. The van der Waals surface area contributed by atoms with E-state index in [-0.39, 0.29) is 5.82 Å². The van der Waals surface area contributed by atoms with Crippen LogP contribution in [0.1, 0.15) is 11.1 Å². The summed E-state index contributed by atoms with van der Waals surface area (Å²) in [6.45, 7) is 0. The molecule has 128 valence electrons. The molecule has 1 N–H and O–H groups in total. The van der Waals surface area contributed by atoms with E-state index in [1.54, 1.807) is 12.1 Å². The SMILES string of the molecule is O=c1cnn(-c2cc(Cl)c(Cc3ccc(F)c(Br)c3)c(Cl)c2)c(=O)[nH]1. The fraction of sp³-hybridized carbons (Fsp3) is 0.0625. The highest BCUT2D eigenvalue weighted by atomic mass is 79.9. The molecule has 25 heavy (non-hydrogen) atoms. The van der Waals surface area contributed by atoms with Gasteiger partial charge in [0.25, 0.3) is 5.56 Å². The second-order valence-electron chi connectivity index (χ2n) is 5.16. The van der Waals surface area contributed by atoms with Gasteiger partial charge in [0.05, 0.1) is 10.2 Å². The molecule has 3 rings (SSSR count). The molecule has 0 fully saturated rings. The van der Waals surface area contributed by atoms with E-state index in [9.17, 15) is 14.0 Å². The van der Waals surface area contributed by atoms with Crippen LogP contribution in [-0.2, 0) is 6.42 Å². The molecule has 0 bridgehead atoms. The summed E-state index contributed by atoms with van der Waals surface area (Å²) < 4.78 is 14.7. The molecule has 0 spiro atoms. The Bertz CT molecular complexity index is 1060. The third-order valence-electron chi connectivity index (χ3n) is 3.45. The number of rotatable bonds is 3. The van der Waals surface area contributed by atoms with Crippen LogP contribution in [0, 0.1) is 5.82 Å². The van der Waals surface area contributed by atoms with Crippen molar-refractivity contribution in [2.45, 2.75) is 6.42 Å².